The van der Waals surface area contributed by atoms with Gasteiger partial charge >= 0.3 is 5.97 Å². The fourth-order valence-corrected chi connectivity index (χ4v) is 3.46. The van der Waals surface area contributed by atoms with Crippen LogP contribution >= 0.6 is 0 Å². The normalized spacial score (nSPS) is 19.3. The van der Waals surface area contributed by atoms with Crippen LogP contribution in [0.25, 0.3) is 0 Å². The maximum atomic E-state index is 12.2. The summed E-state index contributed by atoms with van der Waals surface area (Å²) in [7, 11) is -3.55. The lowest BCUT2D eigenvalue weighted by Gasteiger charge is -2.23. The van der Waals surface area contributed by atoms with Gasteiger partial charge < -0.3 is 9.84 Å². The molecule has 0 saturated carbocycles. The zero-order valence-corrected chi connectivity index (χ0v) is 12.4. The molecule has 2 N–H and O–H groups in total. The first-order valence-electron chi connectivity index (χ1n) is 6.88. The maximum Gasteiger partial charge on any atom is 0.303 e. The molecule has 1 aliphatic rings. The van der Waals surface area contributed by atoms with Crippen LogP contribution in [0.1, 0.15) is 24.8 Å². The Bertz CT molecular complexity index is 576. The highest BCUT2D eigenvalue weighted by Crippen LogP contribution is 2.14. The van der Waals surface area contributed by atoms with Crippen LogP contribution in [0.4, 0.5) is 0 Å². The number of sulfonamides is 1. The lowest BCUT2D eigenvalue weighted by atomic mass is 10.1. The summed E-state index contributed by atoms with van der Waals surface area (Å²) in [6.07, 6.45) is 2.04. The molecule has 0 aromatic heterocycles. The number of rotatable bonds is 6. The number of aliphatic carboxylic acids is 1. The minimum Gasteiger partial charge on any atom is -0.481 e. The third kappa shape index (κ3) is 4.80. The largest absolute Gasteiger partial charge is 0.481 e. The minimum absolute atomic E-state index is 0.0315. The number of ether oxygens (including phenoxy) is 1. The molecule has 0 spiro atoms. The Hall–Kier alpha value is -1.44. The molecule has 0 aliphatic carbocycles. The molecule has 116 valence electrons. The van der Waals surface area contributed by atoms with E-state index in [2.05, 4.69) is 4.72 Å². The Kier molecular flexibility index (Phi) is 5.33. The van der Waals surface area contributed by atoms with Gasteiger partial charge in [0.15, 0.2) is 0 Å². The van der Waals surface area contributed by atoms with Crippen molar-refractivity contribution >= 4 is 16.0 Å². The van der Waals surface area contributed by atoms with E-state index in [4.69, 9.17) is 9.84 Å². The maximum absolute atomic E-state index is 12.2. The molecule has 1 aliphatic heterocycles. The van der Waals surface area contributed by atoms with Crippen LogP contribution in [0.5, 0.6) is 0 Å². The topological polar surface area (TPSA) is 92.7 Å². The number of carbonyl (C=O) groups is 1. The predicted molar refractivity (Wildman–Crippen MR) is 76.6 cm³/mol. The molecule has 7 heteroatoms. The number of carboxylic acid groups (broad SMARTS) is 1. The number of benzene rings is 1. The van der Waals surface area contributed by atoms with Gasteiger partial charge in [0.2, 0.25) is 10.0 Å². The van der Waals surface area contributed by atoms with Crippen molar-refractivity contribution in [3.63, 3.8) is 0 Å². The Morgan fingerprint density at radius 3 is 2.62 bits per heavy atom. The molecule has 1 saturated heterocycles. The fourth-order valence-electron chi connectivity index (χ4n) is 2.21. The number of hydrogen-bond donors (Lipinski definition) is 2. The molecule has 1 unspecified atom stereocenters. The lowest BCUT2D eigenvalue weighted by Crippen LogP contribution is -2.40. The molecular formula is C14H19NO5S. The van der Waals surface area contributed by atoms with Gasteiger partial charge in [-0.3, -0.25) is 4.79 Å². The highest BCUT2D eigenvalue weighted by molar-refractivity contribution is 7.89. The van der Waals surface area contributed by atoms with Crippen molar-refractivity contribution < 1.29 is 23.1 Å². The molecule has 0 amide bonds. The second kappa shape index (κ2) is 7.02. The third-order valence-corrected chi connectivity index (χ3v) is 4.88. The SMILES string of the molecule is O=C(O)CCc1ccc(S(=O)(=O)NC2CCCOC2)cc1. The second-order valence-corrected chi connectivity index (χ2v) is 6.79. The molecule has 1 aromatic rings. The van der Waals surface area contributed by atoms with E-state index >= 15 is 0 Å². The number of aryl methyl sites for hydroxylation is 1. The van der Waals surface area contributed by atoms with E-state index in [0.717, 1.165) is 18.4 Å². The first kappa shape index (κ1) is 15.9. The van der Waals surface area contributed by atoms with E-state index in [1.807, 2.05) is 0 Å². The zero-order valence-electron chi connectivity index (χ0n) is 11.6. The van der Waals surface area contributed by atoms with E-state index in [0.29, 0.717) is 19.6 Å². The summed E-state index contributed by atoms with van der Waals surface area (Å²) in [6.45, 7) is 1.08. The van der Waals surface area contributed by atoms with Gasteiger partial charge in [-0.2, -0.15) is 0 Å². The van der Waals surface area contributed by atoms with Crippen molar-refractivity contribution in [1.82, 2.24) is 4.72 Å². The van der Waals surface area contributed by atoms with E-state index in [9.17, 15) is 13.2 Å². The molecule has 1 atom stereocenters. The molecule has 0 radical (unpaired) electrons. The van der Waals surface area contributed by atoms with Crippen LogP contribution in [-0.2, 0) is 26.0 Å². The Balaban J connectivity index is 2.00. The van der Waals surface area contributed by atoms with Gasteiger partial charge in [0.05, 0.1) is 11.5 Å². The van der Waals surface area contributed by atoms with E-state index in [1.165, 1.54) is 12.1 Å². The lowest BCUT2D eigenvalue weighted by molar-refractivity contribution is -0.136. The molecule has 1 aromatic carbocycles. The van der Waals surface area contributed by atoms with E-state index in [1.54, 1.807) is 12.1 Å². The molecule has 2 rings (SSSR count). The summed E-state index contributed by atoms with van der Waals surface area (Å²) in [5.41, 5.74) is 0.803. The van der Waals surface area contributed by atoms with Crippen molar-refractivity contribution in [3.8, 4) is 0 Å². The molecule has 21 heavy (non-hydrogen) atoms. The number of hydrogen-bond acceptors (Lipinski definition) is 4. The monoisotopic (exact) mass is 313 g/mol. The minimum atomic E-state index is -3.55. The zero-order chi connectivity index (χ0) is 15.3. The summed E-state index contributed by atoms with van der Waals surface area (Å²) in [5, 5.41) is 8.62. The van der Waals surface area contributed by atoms with Crippen LogP contribution < -0.4 is 4.72 Å². The Labute approximate surface area is 124 Å². The molecular weight excluding hydrogens is 294 g/mol. The highest BCUT2D eigenvalue weighted by atomic mass is 32.2. The van der Waals surface area contributed by atoms with Crippen LogP contribution in [0.2, 0.25) is 0 Å². The average Bonchev–Trinajstić information content (AvgIpc) is 2.46. The van der Waals surface area contributed by atoms with Crippen molar-refractivity contribution in [3.05, 3.63) is 29.8 Å². The summed E-state index contributed by atoms with van der Waals surface area (Å²) in [5.74, 6) is -0.870. The third-order valence-electron chi connectivity index (χ3n) is 3.34. The van der Waals surface area contributed by atoms with Crippen LogP contribution in [-0.4, -0.2) is 38.7 Å². The summed E-state index contributed by atoms with van der Waals surface area (Å²) >= 11 is 0. The van der Waals surface area contributed by atoms with E-state index in [-0.39, 0.29) is 17.4 Å². The first-order valence-corrected chi connectivity index (χ1v) is 8.36. The van der Waals surface area contributed by atoms with Crippen molar-refractivity contribution in [2.75, 3.05) is 13.2 Å². The Morgan fingerprint density at radius 1 is 1.33 bits per heavy atom. The number of carboxylic acids is 1. The van der Waals surface area contributed by atoms with Crippen LogP contribution in [0.3, 0.4) is 0 Å². The van der Waals surface area contributed by atoms with Crippen LogP contribution in [0, 0.1) is 0 Å². The van der Waals surface area contributed by atoms with Gasteiger partial charge in [-0.25, -0.2) is 13.1 Å². The molecule has 1 fully saturated rings. The molecule has 6 nitrogen and oxygen atoms in total. The average molecular weight is 313 g/mol. The smallest absolute Gasteiger partial charge is 0.303 e. The summed E-state index contributed by atoms with van der Waals surface area (Å²) < 4.78 is 32.3. The van der Waals surface area contributed by atoms with Gasteiger partial charge in [-0.15, -0.1) is 0 Å². The van der Waals surface area contributed by atoms with Gasteiger partial charge in [0.1, 0.15) is 0 Å². The quantitative estimate of drug-likeness (QED) is 0.822. The van der Waals surface area contributed by atoms with Gasteiger partial charge in [-0.1, -0.05) is 12.1 Å². The predicted octanol–water partition coefficient (Wildman–Crippen LogP) is 1.16. The fraction of sp³-hybridized carbons (Fsp3) is 0.500. The highest BCUT2D eigenvalue weighted by Gasteiger charge is 2.22. The second-order valence-electron chi connectivity index (χ2n) is 5.07. The standard InChI is InChI=1S/C14H19NO5S/c16-14(17)8-5-11-3-6-13(7-4-11)21(18,19)15-12-2-1-9-20-10-12/h3-4,6-7,12,15H,1-2,5,8-10H2,(H,16,17). The van der Waals surface area contributed by atoms with Crippen molar-refractivity contribution in [2.24, 2.45) is 0 Å². The summed E-state index contributed by atoms with van der Waals surface area (Å²) in [4.78, 5) is 10.7. The molecule has 1 heterocycles. The summed E-state index contributed by atoms with van der Waals surface area (Å²) in [6, 6.07) is 6.12. The molecule has 0 bridgehead atoms. The van der Waals surface area contributed by atoms with Gasteiger partial charge in [0.25, 0.3) is 0 Å². The van der Waals surface area contributed by atoms with Crippen molar-refractivity contribution in [2.45, 2.75) is 36.6 Å². The Morgan fingerprint density at radius 2 is 2.05 bits per heavy atom. The van der Waals surface area contributed by atoms with Crippen LogP contribution in [0.15, 0.2) is 29.2 Å². The number of nitrogens with one attached hydrogen (secondary N) is 1. The first-order chi connectivity index (χ1) is 9.97. The van der Waals surface area contributed by atoms with Crippen molar-refractivity contribution in [1.29, 1.82) is 0 Å². The van der Waals surface area contributed by atoms with Gasteiger partial charge in [0, 0.05) is 19.1 Å². The van der Waals surface area contributed by atoms with Gasteiger partial charge in [-0.05, 0) is 37.0 Å². The van der Waals surface area contributed by atoms with E-state index < -0.39 is 16.0 Å².